The zero-order valence-electron chi connectivity index (χ0n) is 12.8. The van der Waals surface area contributed by atoms with Gasteiger partial charge < -0.3 is 19.5 Å². The SMILES string of the molecule is CCNC1CCC2(CC1N1CCOC(C)C1)OCCO2. The second-order valence-electron chi connectivity index (χ2n) is 6.26. The van der Waals surface area contributed by atoms with Gasteiger partial charge in [0.25, 0.3) is 0 Å². The highest BCUT2D eigenvalue weighted by Gasteiger charge is 2.47. The number of likely N-dealkylation sites (N-methyl/N-ethyl adjacent to an activating group) is 1. The fraction of sp³-hybridized carbons (Fsp3) is 1.00. The first-order chi connectivity index (χ1) is 9.72. The van der Waals surface area contributed by atoms with E-state index in [1.165, 1.54) is 0 Å². The van der Waals surface area contributed by atoms with E-state index in [0.717, 1.165) is 58.7 Å². The molecule has 0 aromatic rings. The minimum absolute atomic E-state index is 0.307. The van der Waals surface area contributed by atoms with Crippen molar-refractivity contribution in [2.24, 2.45) is 0 Å². The Labute approximate surface area is 121 Å². The molecule has 0 bridgehead atoms. The van der Waals surface area contributed by atoms with E-state index >= 15 is 0 Å². The Morgan fingerprint density at radius 1 is 1.25 bits per heavy atom. The molecule has 1 spiro atoms. The van der Waals surface area contributed by atoms with E-state index in [9.17, 15) is 0 Å². The zero-order valence-corrected chi connectivity index (χ0v) is 12.8. The van der Waals surface area contributed by atoms with E-state index in [2.05, 4.69) is 24.1 Å². The van der Waals surface area contributed by atoms with Gasteiger partial charge in [-0.15, -0.1) is 0 Å². The lowest BCUT2D eigenvalue weighted by Gasteiger charge is -2.48. The molecule has 116 valence electrons. The van der Waals surface area contributed by atoms with Crippen LogP contribution in [0.15, 0.2) is 0 Å². The second kappa shape index (κ2) is 6.28. The van der Waals surface area contributed by atoms with Gasteiger partial charge in [0.2, 0.25) is 0 Å². The van der Waals surface area contributed by atoms with Crippen molar-refractivity contribution in [2.45, 2.75) is 57.1 Å². The molecule has 0 aromatic carbocycles. The highest BCUT2D eigenvalue weighted by Crippen LogP contribution is 2.38. The summed E-state index contributed by atoms with van der Waals surface area (Å²) in [4.78, 5) is 2.58. The van der Waals surface area contributed by atoms with Gasteiger partial charge in [0.15, 0.2) is 5.79 Å². The van der Waals surface area contributed by atoms with Gasteiger partial charge in [0.05, 0.1) is 25.9 Å². The normalized spacial score (nSPS) is 38.4. The second-order valence-corrected chi connectivity index (χ2v) is 6.26. The van der Waals surface area contributed by atoms with Crippen LogP contribution in [0.4, 0.5) is 0 Å². The van der Waals surface area contributed by atoms with Gasteiger partial charge in [-0.05, 0) is 19.9 Å². The summed E-state index contributed by atoms with van der Waals surface area (Å²) < 4.78 is 17.6. The lowest BCUT2D eigenvalue weighted by Crippen LogP contribution is -2.60. The maximum absolute atomic E-state index is 5.95. The Morgan fingerprint density at radius 2 is 2.05 bits per heavy atom. The molecule has 2 aliphatic heterocycles. The smallest absolute Gasteiger partial charge is 0.170 e. The predicted molar refractivity (Wildman–Crippen MR) is 76.7 cm³/mol. The molecule has 3 aliphatic rings. The van der Waals surface area contributed by atoms with Crippen molar-refractivity contribution in [3.05, 3.63) is 0 Å². The monoisotopic (exact) mass is 284 g/mol. The van der Waals surface area contributed by atoms with Gasteiger partial charge in [-0.3, -0.25) is 4.90 Å². The number of hydrogen-bond acceptors (Lipinski definition) is 5. The molecule has 3 unspecified atom stereocenters. The molecule has 0 aromatic heterocycles. The van der Waals surface area contributed by atoms with Crippen LogP contribution in [-0.2, 0) is 14.2 Å². The molecule has 1 N–H and O–H groups in total. The van der Waals surface area contributed by atoms with Crippen LogP contribution in [0, 0.1) is 0 Å². The molecule has 3 rings (SSSR count). The van der Waals surface area contributed by atoms with Gasteiger partial charge in [0.1, 0.15) is 0 Å². The van der Waals surface area contributed by atoms with Crippen molar-refractivity contribution < 1.29 is 14.2 Å². The lowest BCUT2D eigenvalue weighted by molar-refractivity contribution is -0.197. The summed E-state index contributed by atoms with van der Waals surface area (Å²) in [6, 6.07) is 1.04. The van der Waals surface area contributed by atoms with E-state index in [0.29, 0.717) is 18.2 Å². The first kappa shape index (κ1) is 14.7. The van der Waals surface area contributed by atoms with E-state index in [1.807, 2.05) is 0 Å². The van der Waals surface area contributed by atoms with Crippen LogP contribution in [-0.4, -0.2) is 68.3 Å². The van der Waals surface area contributed by atoms with Crippen LogP contribution in [0.25, 0.3) is 0 Å². The third-order valence-electron chi connectivity index (χ3n) is 4.84. The van der Waals surface area contributed by atoms with Crippen molar-refractivity contribution in [2.75, 3.05) is 39.5 Å². The molecule has 1 saturated carbocycles. The molecule has 5 heteroatoms. The van der Waals surface area contributed by atoms with Crippen molar-refractivity contribution in [3.8, 4) is 0 Å². The van der Waals surface area contributed by atoms with Gasteiger partial charge in [-0.1, -0.05) is 6.92 Å². The van der Waals surface area contributed by atoms with E-state index < -0.39 is 0 Å². The van der Waals surface area contributed by atoms with Crippen molar-refractivity contribution in [3.63, 3.8) is 0 Å². The Bertz CT molecular complexity index is 320. The lowest BCUT2D eigenvalue weighted by atomic mass is 9.84. The van der Waals surface area contributed by atoms with Crippen LogP contribution in [0.5, 0.6) is 0 Å². The Morgan fingerprint density at radius 3 is 2.75 bits per heavy atom. The van der Waals surface area contributed by atoms with Gasteiger partial charge in [0, 0.05) is 38.0 Å². The third kappa shape index (κ3) is 3.02. The number of hydrogen-bond donors (Lipinski definition) is 1. The fourth-order valence-corrected chi connectivity index (χ4v) is 3.92. The number of ether oxygens (including phenoxy) is 3. The molecule has 3 fully saturated rings. The number of morpholine rings is 1. The predicted octanol–water partition coefficient (Wildman–Crippen LogP) is 0.981. The fourth-order valence-electron chi connectivity index (χ4n) is 3.92. The van der Waals surface area contributed by atoms with E-state index in [1.54, 1.807) is 0 Å². The quantitative estimate of drug-likeness (QED) is 0.837. The average molecular weight is 284 g/mol. The van der Waals surface area contributed by atoms with Crippen LogP contribution in [0.3, 0.4) is 0 Å². The van der Waals surface area contributed by atoms with Gasteiger partial charge >= 0.3 is 0 Å². The Balaban J connectivity index is 1.71. The van der Waals surface area contributed by atoms with Crippen LogP contribution < -0.4 is 5.32 Å². The van der Waals surface area contributed by atoms with Crippen LogP contribution in [0.2, 0.25) is 0 Å². The minimum Gasteiger partial charge on any atom is -0.376 e. The Kier molecular flexibility index (Phi) is 4.62. The molecule has 20 heavy (non-hydrogen) atoms. The zero-order chi connectivity index (χ0) is 14.0. The average Bonchev–Trinajstić information content (AvgIpc) is 2.90. The summed E-state index contributed by atoms with van der Waals surface area (Å²) in [5.41, 5.74) is 0. The van der Waals surface area contributed by atoms with Crippen LogP contribution in [0.1, 0.15) is 33.1 Å². The summed E-state index contributed by atoms with van der Waals surface area (Å²) in [5, 5.41) is 3.66. The molecule has 0 radical (unpaired) electrons. The maximum Gasteiger partial charge on any atom is 0.170 e. The van der Waals surface area contributed by atoms with E-state index in [4.69, 9.17) is 14.2 Å². The number of rotatable bonds is 3. The standard InChI is InChI=1S/C15H28N2O3/c1-3-16-13-4-5-15(19-8-9-20-15)10-14(13)17-6-7-18-12(2)11-17/h12-14,16H,3-11H2,1-2H3. The topological polar surface area (TPSA) is 43.0 Å². The summed E-state index contributed by atoms with van der Waals surface area (Å²) in [6.07, 6.45) is 3.46. The third-order valence-corrected chi connectivity index (χ3v) is 4.84. The first-order valence-corrected chi connectivity index (χ1v) is 8.09. The summed E-state index contributed by atoms with van der Waals surface area (Å²) in [5.74, 6) is -0.307. The molecular weight excluding hydrogens is 256 g/mol. The molecular formula is C15H28N2O3. The van der Waals surface area contributed by atoms with E-state index in [-0.39, 0.29) is 5.79 Å². The molecule has 3 atom stereocenters. The molecule has 2 saturated heterocycles. The molecule has 5 nitrogen and oxygen atoms in total. The molecule has 2 heterocycles. The van der Waals surface area contributed by atoms with Gasteiger partial charge in [-0.25, -0.2) is 0 Å². The van der Waals surface area contributed by atoms with Gasteiger partial charge in [-0.2, -0.15) is 0 Å². The maximum atomic E-state index is 5.95. The number of nitrogens with one attached hydrogen (secondary N) is 1. The summed E-state index contributed by atoms with van der Waals surface area (Å²) in [6.45, 7) is 9.74. The van der Waals surface area contributed by atoms with Crippen molar-refractivity contribution in [1.82, 2.24) is 10.2 Å². The summed E-state index contributed by atoms with van der Waals surface area (Å²) in [7, 11) is 0. The minimum atomic E-state index is -0.307. The largest absolute Gasteiger partial charge is 0.376 e. The van der Waals surface area contributed by atoms with Crippen LogP contribution >= 0.6 is 0 Å². The van der Waals surface area contributed by atoms with Crippen molar-refractivity contribution in [1.29, 1.82) is 0 Å². The highest BCUT2D eigenvalue weighted by atomic mass is 16.7. The molecule has 1 aliphatic carbocycles. The highest BCUT2D eigenvalue weighted by molar-refractivity contribution is 4.97. The first-order valence-electron chi connectivity index (χ1n) is 8.09. The Hall–Kier alpha value is -0.200. The summed E-state index contributed by atoms with van der Waals surface area (Å²) >= 11 is 0. The molecule has 0 amide bonds. The van der Waals surface area contributed by atoms with Crippen molar-refractivity contribution >= 4 is 0 Å². The number of nitrogens with zero attached hydrogens (tertiary/aromatic N) is 1.